The number of hydrogen-bond donors (Lipinski definition) is 2. The molecular formula is C22H19FN6O3. The van der Waals surface area contributed by atoms with E-state index >= 15 is 0 Å². The Kier molecular flexibility index (Phi) is 4.50. The minimum absolute atomic E-state index is 0.101. The standard InChI is InChI=1S/C22H19FN6O3/c23-16-8-14(1-2-19(16)32-15-11-30-12-15)27-20-21-25-3-5-29(21)10-18(28-20)13-7-17-22(26-9-13)31-6-4-24-17/h1-3,5,7-10,15,24H,4,6,11-12H2,(H,27,28). The van der Waals surface area contributed by atoms with Crippen molar-refractivity contribution in [2.24, 2.45) is 0 Å². The summed E-state index contributed by atoms with van der Waals surface area (Å²) in [5.41, 5.74) is 3.48. The Hall–Kier alpha value is -3.92. The summed E-state index contributed by atoms with van der Waals surface area (Å²) in [6, 6.07) is 6.67. The van der Waals surface area contributed by atoms with Crippen molar-refractivity contribution in [3.05, 3.63) is 54.9 Å². The monoisotopic (exact) mass is 434 g/mol. The fourth-order valence-corrected chi connectivity index (χ4v) is 3.59. The summed E-state index contributed by atoms with van der Waals surface area (Å²) in [5, 5.41) is 6.46. The number of nitrogens with one attached hydrogen (secondary N) is 2. The first-order chi connectivity index (χ1) is 15.7. The van der Waals surface area contributed by atoms with Gasteiger partial charge in [0.15, 0.2) is 23.0 Å². The molecular weight excluding hydrogens is 415 g/mol. The maximum Gasteiger partial charge on any atom is 0.237 e. The highest BCUT2D eigenvalue weighted by Gasteiger charge is 2.22. The number of aromatic nitrogens is 4. The SMILES string of the molecule is Fc1cc(Nc2nc(-c3cnc4c(c3)NCCO4)cn3ccnc23)ccc1OC1COC1. The Balaban J connectivity index is 1.33. The molecule has 1 fully saturated rings. The van der Waals surface area contributed by atoms with Gasteiger partial charge in [-0.2, -0.15) is 0 Å². The zero-order valence-corrected chi connectivity index (χ0v) is 16.9. The second kappa shape index (κ2) is 7.65. The van der Waals surface area contributed by atoms with E-state index in [-0.39, 0.29) is 11.9 Å². The van der Waals surface area contributed by atoms with Crippen molar-refractivity contribution in [3.8, 4) is 22.9 Å². The lowest BCUT2D eigenvalue weighted by Gasteiger charge is -2.26. The van der Waals surface area contributed by atoms with E-state index in [4.69, 9.17) is 19.2 Å². The van der Waals surface area contributed by atoms with Crippen LogP contribution in [0.15, 0.2) is 49.1 Å². The predicted molar refractivity (Wildman–Crippen MR) is 115 cm³/mol. The highest BCUT2D eigenvalue weighted by Crippen LogP contribution is 2.31. The van der Waals surface area contributed by atoms with Gasteiger partial charge in [-0.05, 0) is 18.2 Å². The molecule has 0 aliphatic carbocycles. The number of anilines is 3. The molecule has 0 spiro atoms. The first-order valence-electron chi connectivity index (χ1n) is 10.2. The fourth-order valence-electron chi connectivity index (χ4n) is 3.59. The van der Waals surface area contributed by atoms with Gasteiger partial charge in [0.25, 0.3) is 0 Å². The van der Waals surface area contributed by atoms with E-state index in [0.717, 1.165) is 17.8 Å². The van der Waals surface area contributed by atoms with Crippen molar-refractivity contribution >= 4 is 22.8 Å². The van der Waals surface area contributed by atoms with Crippen LogP contribution in [0.5, 0.6) is 11.6 Å². The van der Waals surface area contributed by atoms with Crippen LogP contribution in [0, 0.1) is 5.82 Å². The van der Waals surface area contributed by atoms with E-state index in [1.807, 2.05) is 22.9 Å². The molecule has 32 heavy (non-hydrogen) atoms. The number of hydrogen-bond acceptors (Lipinski definition) is 8. The van der Waals surface area contributed by atoms with Gasteiger partial charge in [0.05, 0.1) is 24.6 Å². The summed E-state index contributed by atoms with van der Waals surface area (Å²) in [6.07, 6.45) is 7.01. The minimum atomic E-state index is -0.456. The van der Waals surface area contributed by atoms with Gasteiger partial charge < -0.3 is 29.2 Å². The normalized spacial score (nSPS) is 15.4. The van der Waals surface area contributed by atoms with E-state index in [1.165, 1.54) is 6.07 Å². The van der Waals surface area contributed by atoms with Crippen molar-refractivity contribution in [1.29, 1.82) is 0 Å². The molecule has 9 nitrogen and oxygen atoms in total. The van der Waals surface area contributed by atoms with E-state index < -0.39 is 5.82 Å². The van der Waals surface area contributed by atoms with Crippen LogP contribution in [-0.2, 0) is 4.74 Å². The van der Waals surface area contributed by atoms with Crippen LogP contribution in [0.1, 0.15) is 0 Å². The second-order valence-electron chi connectivity index (χ2n) is 7.53. The number of fused-ring (bicyclic) bond motifs is 2. The molecule has 5 heterocycles. The number of rotatable bonds is 5. The van der Waals surface area contributed by atoms with Gasteiger partial charge in [-0.1, -0.05) is 0 Å². The third kappa shape index (κ3) is 3.44. The molecule has 0 amide bonds. The van der Waals surface area contributed by atoms with Crippen molar-refractivity contribution in [1.82, 2.24) is 19.4 Å². The van der Waals surface area contributed by atoms with E-state index in [1.54, 1.807) is 24.5 Å². The molecule has 10 heteroatoms. The zero-order chi connectivity index (χ0) is 21.5. The zero-order valence-electron chi connectivity index (χ0n) is 16.9. The van der Waals surface area contributed by atoms with Crippen molar-refractivity contribution in [2.45, 2.75) is 6.10 Å². The Morgan fingerprint density at radius 1 is 1.22 bits per heavy atom. The van der Waals surface area contributed by atoms with Crippen LogP contribution < -0.4 is 20.1 Å². The topological polar surface area (TPSA) is 94.8 Å². The molecule has 0 saturated carbocycles. The van der Waals surface area contributed by atoms with E-state index in [2.05, 4.69) is 20.6 Å². The maximum absolute atomic E-state index is 14.6. The Bertz CT molecular complexity index is 1310. The molecule has 2 aliphatic heterocycles. The largest absolute Gasteiger partial charge is 0.483 e. The predicted octanol–water partition coefficient (Wildman–Crippen LogP) is 3.26. The van der Waals surface area contributed by atoms with Crippen LogP contribution in [0.2, 0.25) is 0 Å². The Labute approximate surface area is 182 Å². The molecule has 0 atom stereocenters. The minimum Gasteiger partial charge on any atom is -0.483 e. The lowest BCUT2D eigenvalue weighted by molar-refractivity contribution is -0.0808. The summed E-state index contributed by atoms with van der Waals surface area (Å²) in [7, 11) is 0. The summed E-state index contributed by atoms with van der Waals surface area (Å²) >= 11 is 0. The van der Waals surface area contributed by atoms with E-state index in [9.17, 15) is 4.39 Å². The van der Waals surface area contributed by atoms with Gasteiger partial charge in [-0.15, -0.1) is 0 Å². The second-order valence-corrected chi connectivity index (χ2v) is 7.53. The lowest BCUT2D eigenvalue weighted by Crippen LogP contribution is -2.38. The number of halogens is 1. The van der Waals surface area contributed by atoms with Crippen LogP contribution in [0.4, 0.5) is 21.6 Å². The molecule has 0 radical (unpaired) electrons. The molecule has 4 aromatic rings. The van der Waals surface area contributed by atoms with Crippen LogP contribution in [0.25, 0.3) is 16.9 Å². The highest BCUT2D eigenvalue weighted by atomic mass is 19.1. The summed E-state index contributed by atoms with van der Waals surface area (Å²) in [5.74, 6) is 0.817. The molecule has 0 unspecified atom stereocenters. The maximum atomic E-state index is 14.6. The van der Waals surface area contributed by atoms with Crippen LogP contribution in [0.3, 0.4) is 0 Å². The first-order valence-corrected chi connectivity index (χ1v) is 10.2. The molecule has 2 aliphatic rings. The molecule has 1 saturated heterocycles. The first kappa shape index (κ1) is 18.8. The average molecular weight is 434 g/mol. The number of ether oxygens (including phenoxy) is 3. The number of nitrogens with zero attached hydrogens (tertiary/aromatic N) is 4. The number of benzene rings is 1. The summed E-state index contributed by atoms with van der Waals surface area (Å²) in [4.78, 5) is 13.5. The lowest BCUT2D eigenvalue weighted by atomic mass is 10.2. The Morgan fingerprint density at radius 3 is 3.00 bits per heavy atom. The Morgan fingerprint density at radius 2 is 2.16 bits per heavy atom. The highest BCUT2D eigenvalue weighted by molar-refractivity contribution is 5.75. The van der Waals surface area contributed by atoms with Crippen LogP contribution in [-0.4, -0.2) is 51.8 Å². The molecule has 3 aromatic heterocycles. The fraction of sp³-hybridized carbons (Fsp3) is 0.227. The molecule has 6 rings (SSSR count). The third-order valence-corrected chi connectivity index (χ3v) is 5.27. The van der Waals surface area contributed by atoms with Crippen molar-refractivity contribution in [3.63, 3.8) is 0 Å². The van der Waals surface area contributed by atoms with Gasteiger partial charge in [-0.3, -0.25) is 0 Å². The van der Waals surface area contributed by atoms with Gasteiger partial charge in [0, 0.05) is 48.6 Å². The number of imidazole rings is 1. The van der Waals surface area contributed by atoms with Gasteiger partial charge in [0.2, 0.25) is 5.88 Å². The number of pyridine rings is 1. The molecule has 1 aromatic carbocycles. The quantitative estimate of drug-likeness (QED) is 0.494. The van der Waals surface area contributed by atoms with Crippen molar-refractivity contribution < 1.29 is 18.6 Å². The van der Waals surface area contributed by atoms with Gasteiger partial charge in [-0.25, -0.2) is 19.3 Å². The van der Waals surface area contributed by atoms with Crippen LogP contribution >= 0.6 is 0 Å². The van der Waals surface area contributed by atoms with Gasteiger partial charge in [0.1, 0.15) is 12.7 Å². The van der Waals surface area contributed by atoms with Crippen molar-refractivity contribution in [2.75, 3.05) is 37.0 Å². The molecule has 162 valence electrons. The third-order valence-electron chi connectivity index (χ3n) is 5.27. The average Bonchev–Trinajstić information content (AvgIpc) is 3.26. The summed E-state index contributed by atoms with van der Waals surface area (Å²) < 4.78 is 32.6. The molecule has 2 N–H and O–H groups in total. The van der Waals surface area contributed by atoms with E-state index in [0.29, 0.717) is 48.5 Å². The molecule has 0 bridgehead atoms. The summed E-state index contributed by atoms with van der Waals surface area (Å²) in [6.45, 7) is 2.26. The van der Waals surface area contributed by atoms with Gasteiger partial charge >= 0.3 is 0 Å². The smallest absolute Gasteiger partial charge is 0.237 e.